The van der Waals surface area contributed by atoms with E-state index in [0.717, 1.165) is 25.9 Å². The van der Waals surface area contributed by atoms with Gasteiger partial charge in [-0.2, -0.15) is 0 Å². The molecule has 0 aromatic carbocycles. The lowest BCUT2D eigenvalue weighted by molar-refractivity contribution is -0.151. The molecule has 0 aromatic rings. The summed E-state index contributed by atoms with van der Waals surface area (Å²) in [6, 6.07) is 0. The first kappa shape index (κ1) is 14.5. The molecule has 1 unspecified atom stereocenters. The van der Waals surface area contributed by atoms with E-state index in [-0.39, 0.29) is 17.6 Å². The minimum Gasteiger partial charge on any atom is -0.481 e. The van der Waals surface area contributed by atoms with E-state index in [1.165, 1.54) is 0 Å². The van der Waals surface area contributed by atoms with Crippen LogP contribution in [-0.4, -0.2) is 46.8 Å². The summed E-state index contributed by atoms with van der Waals surface area (Å²) in [5, 5.41) is 9.17. The lowest BCUT2D eigenvalue weighted by atomic mass is 9.77. The maximum atomic E-state index is 11.2. The number of hydrogen-bond acceptors (Lipinski definition) is 3. The third kappa shape index (κ3) is 3.42. The van der Waals surface area contributed by atoms with Crippen molar-refractivity contribution in [3.63, 3.8) is 0 Å². The van der Waals surface area contributed by atoms with Crippen LogP contribution < -0.4 is 0 Å². The van der Waals surface area contributed by atoms with Crippen molar-refractivity contribution in [1.82, 2.24) is 4.90 Å². The molecule has 1 atom stereocenters. The highest BCUT2D eigenvalue weighted by Gasteiger charge is 2.45. The molecule has 1 heterocycles. The monoisotopic (exact) mass is 243 g/mol. The SMILES string of the molecule is CCN(CC)C1(CC(=O)O)CCOC(C)(C)C1. The van der Waals surface area contributed by atoms with Crippen molar-refractivity contribution in [2.45, 2.75) is 58.1 Å². The van der Waals surface area contributed by atoms with Gasteiger partial charge in [-0.3, -0.25) is 9.69 Å². The summed E-state index contributed by atoms with van der Waals surface area (Å²) in [7, 11) is 0. The molecule has 0 spiro atoms. The average Bonchev–Trinajstić information content (AvgIpc) is 2.16. The Labute approximate surface area is 104 Å². The van der Waals surface area contributed by atoms with Gasteiger partial charge in [-0.15, -0.1) is 0 Å². The van der Waals surface area contributed by atoms with Gasteiger partial charge < -0.3 is 9.84 Å². The highest BCUT2D eigenvalue weighted by atomic mass is 16.5. The Bertz CT molecular complexity index is 274. The predicted octanol–water partition coefficient (Wildman–Crippen LogP) is 2.13. The van der Waals surface area contributed by atoms with Crippen molar-refractivity contribution in [3.05, 3.63) is 0 Å². The Morgan fingerprint density at radius 2 is 1.94 bits per heavy atom. The van der Waals surface area contributed by atoms with E-state index < -0.39 is 5.97 Å². The van der Waals surface area contributed by atoms with Gasteiger partial charge >= 0.3 is 5.97 Å². The topological polar surface area (TPSA) is 49.8 Å². The van der Waals surface area contributed by atoms with Crippen molar-refractivity contribution >= 4 is 5.97 Å². The lowest BCUT2D eigenvalue weighted by Crippen LogP contribution is -2.57. The molecule has 1 saturated heterocycles. The van der Waals surface area contributed by atoms with Crippen molar-refractivity contribution in [3.8, 4) is 0 Å². The molecule has 0 bridgehead atoms. The van der Waals surface area contributed by atoms with Crippen LogP contribution in [0.25, 0.3) is 0 Å². The molecule has 17 heavy (non-hydrogen) atoms. The van der Waals surface area contributed by atoms with E-state index >= 15 is 0 Å². The lowest BCUT2D eigenvalue weighted by Gasteiger charge is -2.50. The number of nitrogens with zero attached hydrogens (tertiary/aromatic N) is 1. The fraction of sp³-hybridized carbons (Fsp3) is 0.923. The minimum absolute atomic E-state index is 0.210. The molecule has 1 N–H and O–H groups in total. The normalized spacial score (nSPS) is 28.3. The molecule has 4 nitrogen and oxygen atoms in total. The van der Waals surface area contributed by atoms with Crippen molar-refractivity contribution < 1.29 is 14.6 Å². The number of hydrogen-bond donors (Lipinski definition) is 1. The summed E-state index contributed by atoms with van der Waals surface area (Å²) in [5.74, 6) is -0.713. The number of ether oxygens (including phenoxy) is 1. The zero-order valence-corrected chi connectivity index (χ0v) is 11.5. The molecule has 0 aromatic heterocycles. The van der Waals surface area contributed by atoms with Gasteiger partial charge in [0.1, 0.15) is 0 Å². The standard InChI is InChI=1S/C13H25NO3/c1-5-14(6-2)13(9-11(15)16)7-8-17-12(3,4)10-13/h5-10H2,1-4H3,(H,15,16). The number of carboxylic acid groups (broad SMARTS) is 1. The molecule has 100 valence electrons. The van der Waals surface area contributed by atoms with Crippen LogP contribution in [0.4, 0.5) is 0 Å². The number of carbonyl (C=O) groups is 1. The van der Waals surface area contributed by atoms with Gasteiger partial charge in [-0.25, -0.2) is 0 Å². The molecular weight excluding hydrogens is 218 g/mol. The van der Waals surface area contributed by atoms with Crippen LogP contribution >= 0.6 is 0 Å². The van der Waals surface area contributed by atoms with Gasteiger partial charge in [-0.1, -0.05) is 13.8 Å². The number of carboxylic acids is 1. The summed E-state index contributed by atoms with van der Waals surface area (Å²) in [6.45, 7) is 10.7. The number of rotatable bonds is 5. The molecule has 1 aliphatic heterocycles. The third-order valence-electron chi connectivity index (χ3n) is 3.73. The molecule has 0 radical (unpaired) electrons. The molecule has 0 amide bonds. The van der Waals surface area contributed by atoms with Crippen LogP contribution in [0.5, 0.6) is 0 Å². The van der Waals surface area contributed by atoms with Gasteiger partial charge in [-0.05, 0) is 39.8 Å². The predicted molar refractivity (Wildman–Crippen MR) is 67.2 cm³/mol. The van der Waals surface area contributed by atoms with E-state index in [1.54, 1.807) is 0 Å². The maximum Gasteiger partial charge on any atom is 0.305 e. The van der Waals surface area contributed by atoms with Gasteiger partial charge in [0.2, 0.25) is 0 Å². The van der Waals surface area contributed by atoms with Gasteiger partial charge in [0.15, 0.2) is 0 Å². The second-order valence-corrected chi connectivity index (χ2v) is 5.50. The zero-order chi connectivity index (χ0) is 13.1. The summed E-state index contributed by atoms with van der Waals surface area (Å²) < 4.78 is 5.72. The van der Waals surface area contributed by atoms with Crippen LogP contribution in [0.1, 0.15) is 47.0 Å². The zero-order valence-electron chi connectivity index (χ0n) is 11.5. The Morgan fingerprint density at radius 3 is 2.35 bits per heavy atom. The Hall–Kier alpha value is -0.610. The molecule has 0 aliphatic carbocycles. The smallest absolute Gasteiger partial charge is 0.305 e. The molecular formula is C13H25NO3. The van der Waals surface area contributed by atoms with Crippen LogP contribution in [0, 0.1) is 0 Å². The van der Waals surface area contributed by atoms with Crippen molar-refractivity contribution in [2.24, 2.45) is 0 Å². The quantitative estimate of drug-likeness (QED) is 0.803. The van der Waals surface area contributed by atoms with Gasteiger partial charge in [0.25, 0.3) is 0 Å². The summed E-state index contributed by atoms with van der Waals surface area (Å²) in [5.41, 5.74) is -0.465. The average molecular weight is 243 g/mol. The Kier molecular flexibility index (Phi) is 4.55. The van der Waals surface area contributed by atoms with Gasteiger partial charge in [0, 0.05) is 12.1 Å². The van der Waals surface area contributed by atoms with E-state index in [1.807, 2.05) is 13.8 Å². The second kappa shape index (κ2) is 5.36. The van der Waals surface area contributed by atoms with Crippen molar-refractivity contribution in [1.29, 1.82) is 0 Å². The molecule has 1 rings (SSSR count). The van der Waals surface area contributed by atoms with E-state index in [0.29, 0.717) is 6.61 Å². The van der Waals surface area contributed by atoms with E-state index in [9.17, 15) is 9.90 Å². The Morgan fingerprint density at radius 1 is 1.35 bits per heavy atom. The minimum atomic E-state index is -0.713. The highest BCUT2D eigenvalue weighted by Crippen LogP contribution is 2.38. The van der Waals surface area contributed by atoms with Crippen LogP contribution in [0.15, 0.2) is 0 Å². The fourth-order valence-electron chi connectivity index (χ4n) is 3.16. The van der Waals surface area contributed by atoms with Crippen LogP contribution in [-0.2, 0) is 9.53 Å². The summed E-state index contributed by atoms with van der Waals surface area (Å²) in [4.78, 5) is 13.4. The fourth-order valence-corrected chi connectivity index (χ4v) is 3.16. The maximum absolute atomic E-state index is 11.2. The van der Waals surface area contributed by atoms with Crippen LogP contribution in [0.2, 0.25) is 0 Å². The largest absolute Gasteiger partial charge is 0.481 e. The first-order valence-electron chi connectivity index (χ1n) is 6.46. The number of aliphatic carboxylic acids is 1. The molecule has 1 fully saturated rings. The van der Waals surface area contributed by atoms with E-state index in [2.05, 4.69) is 18.7 Å². The first-order valence-corrected chi connectivity index (χ1v) is 6.46. The molecule has 1 aliphatic rings. The summed E-state index contributed by atoms with van der Waals surface area (Å²) >= 11 is 0. The second-order valence-electron chi connectivity index (χ2n) is 5.50. The molecule has 0 saturated carbocycles. The van der Waals surface area contributed by atoms with E-state index in [4.69, 9.17) is 4.74 Å². The highest BCUT2D eigenvalue weighted by molar-refractivity contribution is 5.68. The third-order valence-corrected chi connectivity index (χ3v) is 3.73. The first-order chi connectivity index (χ1) is 7.85. The Balaban J connectivity index is 2.96. The van der Waals surface area contributed by atoms with Crippen LogP contribution in [0.3, 0.4) is 0 Å². The molecule has 4 heteroatoms. The van der Waals surface area contributed by atoms with Gasteiger partial charge in [0.05, 0.1) is 12.0 Å². The summed E-state index contributed by atoms with van der Waals surface area (Å²) in [6.07, 6.45) is 1.81. The van der Waals surface area contributed by atoms with Crippen molar-refractivity contribution in [2.75, 3.05) is 19.7 Å².